The monoisotopic (exact) mass is 385 g/mol. The van der Waals surface area contributed by atoms with Crippen molar-refractivity contribution in [3.8, 4) is 11.5 Å². The van der Waals surface area contributed by atoms with Crippen LogP contribution < -0.4 is 9.47 Å². The van der Waals surface area contributed by atoms with Crippen molar-refractivity contribution in [3.63, 3.8) is 0 Å². The third-order valence-electron chi connectivity index (χ3n) is 4.82. The minimum absolute atomic E-state index is 0.153. The Balaban J connectivity index is 1.58. The molecule has 0 amide bonds. The van der Waals surface area contributed by atoms with Crippen molar-refractivity contribution < 1.29 is 19.0 Å². The van der Waals surface area contributed by atoms with Crippen molar-refractivity contribution >= 4 is 6.08 Å². The first kappa shape index (κ1) is 20.4. The maximum absolute atomic E-state index is 14.0. The smallest absolute Gasteiger partial charge is 0.161 e. The zero-order valence-electron chi connectivity index (χ0n) is 16.5. The summed E-state index contributed by atoms with van der Waals surface area (Å²) in [7, 11) is 1.60. The predicted octanol–water partition coefficient (Wildman–Crippen LogP) is 4.27. The Morgan fingerprint density at radius 1 is 1.21 bits per heavy atom. The van der Waals surface area contributed by atoms with Crippen molar-refractivity contribution in [1.29, 1.82) is 0 Å². The third kappa shape index (κ3) is 5.57. The van der Waals surface area contributed by atoms with Crippen LogP contribution in [0.5, 0.6) is 11.5 Å². The number of aliphatic hydroxyl groups is 1. The van der Waals surface area contributed by atoms with Crippen LogP contribution in [-0.2, 0) is 6.54 Å². The maximum Gasteiger partial charge on any atom is 0.161 e. The number of rotatable bonds is 10. The molecule has 0 heterocycles. The lowest BCUT2D eigenvalue weighted by Crippen LogP contribution is -2.37. The molecule has 1 aliphatic carbocycles. The molecule has 2 aromatic carbocycles. The Hall–Kier alpha value is -2.37. The van der Waals surface area contributed by atoms with Gasteiger partial charge >= 0.3 is 0 Å². The first-order valence-corrected chi connectivity index (χ1v) is 9.69. The van der Waals surface area contributed by atoms with Crippen molar-refractivity contribution in [3.05, 3.63) is 65.5 Å². The summed E-state index contributed by atoms with van der Waals surface area (Å²) in [5.74, 6) is 1.03. The molecule has 1 aliphatic rings. The first-order valence-electron chi connectivity index (χ1n) is 9.69. The summed E-state index contributed by atoms with van der Waals surface area (Å²) in [6.45, 7) is 3.05. The summed E-state index contributed by atoms with van der Waals surface area (Å²) in [6, 6.07) is 12.9. The lowest BCUT2D eigenvalue weighted by atomic mass is 10.2. The topological polar surface area (TPSA) is 41.9 Å². The SMILES string of the molecule is C/C=C/c1ccc(OCC(O)CN(Cc2ccccc2F)C2CC2)c(OC)c1. The van der Waals surface area contributed by atoms with E-state index in [-0.39, 0.29) is 12.4 Å². The molecule has 0 spiro atoms. The van der Waals surface area contributed by atoms with Gasteiger partial charge in [0.25, 0.3) is 0 Å². The standard InChI is InChI=1S/C23H28FNO3/c1-3-6-17-9-12-22(23(13-17)27-2)28-16-20(26)15-25(19-10-11-19)14-18-7-4-5-8-21(18)24/h3-9,12-13,19-20,26H,10-11,14-16H2,1-2H3/b6-3+. The summed E-state index contributed by atoms with van der Waals surface area (Å²) >= 11 is 0. The highest BCUT2D eigenvalue weighted by molar-refractivity contribution is 5.55. The van der Waals surface area contributed by atoms with Gasteiger partial charge in [0, 0.05) is 24.7 Å². The molecule has 1 fully saturated rings. The van der Waals surface area contributed by atoms with Gasteiger partial charge in [-0.1, -0.05) is 36.4 Å². The molecule has 0 saturated heterocycles. The number of aliphatic hydroxyl groups excluding tert-OH is 1. The van der Waals surface area contributed by atoms with Crippen LogP contribution in [-0.4, -0.2) is 42.4 Å². The summed E-state index contributed by atoms with van der Waals surface area (Å²) in [6.07, 6.45) is 5.44. The fraction of sp³-hybridized carbons (Fsp3) is 0.391. The molecule has 0 bridgehead atoms. The van der Waals surface area contributed by atoms with Crippen molar-refractivity contribution in [2.45, 2.75) is 38.5 Å². The Labute approximate surface area is 166 Å². The summed E-state index contributed by atoms with van der Waals surface area (Å²) in [4.78, 5) is 2.14. The van der Waals surface area contributed by atoms with Gasteiger partial charge in [-0.25, -0.2) is 4.39 Å². The second-order valence-electron chi connectivity index (χ2n) is 7.13. The van der Waals surface area contributed by atoms with Crippen LogP contribution in [0.1, 0.15) is 30.9 Å². The van der Waals surface area contributed by atoms with Crippen LogP contribution in [0.2, 0.25) is 0 Å². The minimum Gasteiger partial charge on any atom is -0.493 e. The molecule has 1 saturated carbocycles. The maximum atomic E-state index is 14.0. The Morgan fingerprint density at radius 3 is 2.68 bits per heavy atom. The average molecular weight is 385 g/mol. The van der Waals surface area contributed by atoms with Crippen LogP contribution >= 0.6 is 0 Å². The second-order valence-corrected chi connectivity index (χ2v) is 7.13. The van der Waals surface area contributed by atoms with E-state index in [1.165, 1.54) is 6.07 Å². The van der Waals surface area contributed by atoms with Crippen LogP contribution in [0.4, 0.5) is 4.39 Å². The van der Waals surface area contributed by atoms with E-state index in [0.717, 1.165) is 18.4 Å². The molecular formula is C23H28FNO3. The van der Waals surface area contributed by atoms with Crippen LogP contribution in [0, 0.1) is 5.82 Å². The highest BCUT2D eigenvalue weighted by Crippen LogP contribution is 2.30. The predicted molar refractivity (Wildman–Crippen MR) is 109 cm³/mol. The van der Waals surface area contributed by atoms with Gasteiger partial charge in [-0.2, -0.15) is 0 Å². The summed E-state index contributed by atoms with van der Waals surface area (Å²) in [5.41, 5.74) is 1.68. The van der Waals surface area contributed by atoms with Gasteiger partial charge < -0.3 is 14.6 Å². The van der Waals surface area contributed by atoms with E-state index in [1.54, 1.807) is 19.2 Å². The van der Waals surface area contributed by atoms with Gasteiger partial charge in [-0.05, 0) is 43.5 Å². The Kier molecular flexibility index (Phi) is 7.06. The van der Waals surface area contributed by atoms with Gasteiger partial charge in [-0.3, -0.25) is 4.90 Å². The lowest BCUT2D eigenvalue weighted by Gasteiger charge is -2.25. The highest BCUT2D eigenvalue weighted by Gasteiger charge is 2.30. The average Bonchev–Trinajstić information content (AvgIpc) is 3.53. The molecule has 0 aromatic heterocycles. The number of methoxy groups -OCH3 is 1. The van der Waals surface area contributed by atoms with E-state index in [4.69, 9.17) is 9.47 Å². The zero-order chi connectivity index (χ0) is 19.9. The number of allylic oxidation sites excluding steroid dienone is 1. The number of benzene rings is 2. The van der Waals surface area contributed by atoms with Crippen LogP contribution in [0.15, 0.2) is 48.5 Å². The molecule has 2 aromatic rings. The fourth-order valence-electron chi connectivity index (χ4n) is 3.24. The van der Waals surface area contributed by atoms with Crippen molar-refractivity contribution in [1.82, 2.24) is 4.90 Å². The van der Waals surface area contributed by atoms with Crippen molar-refractivity contribution in [2.75, 3.05) is 20.3 Å². The number of hydrogen-bond donors (Lipinski definition) is 1. The van der Waals surface area contributed by atoms with E-state index < -0.39 is 6.10 Å². The lowest BCUT2D eigenvalue weighted by molar-refractivity contribution is 0.0613. The quantitative estimate of drug-likeness (QED) is 0.663. The van der Waals surface area contributed by atoms with E-state index in [9.17, 15) is 9.50 Å². The van der Waals surface area contributed by atoms with Crippen LogP contribution in [0.25, 0.3) is 6.08 Å². The van der Waals surface area contributed by atoms with Gasteiger partial charge in [0.1, 0.15) is 18.5 Å². The molecule has 0 radical (unpaired) electrons. The molecule has 5 heteroatoms. The molecule has 1 unspecified atom stereocenters. The zero-order valence-corrected chi connectivity index (χ0v) is 16.5. The Bertz CT molecular complexity index is 804. The summed E-state index contributed by atoms with van der Waals surface area (Å²) < 4.78 is 25.2. The largest absolute Gasteiger partial charge is 0.493 e. The second kappa shape index (κ2) is 9.71. The van der Waals surface area contributed by atoms with E-state index >= 15 is 0 Å². The van der Waals surface area contributed by atoms with E-state index in [1.807, 2.05) is 43.3 Å². The molecular weight excluding hydrogens is 357 g/mol. The van der Waals surface area contributed by atoms with Gasteiger partial charge in [-0.15, -0.1) is 0 Å². The first-order chi connectivity index (χ1) is 13.6. The molecule has 3 rings (SSSR count). The van der Waals surface area contributed by atoms with Gasteiger partial charge in [0.2, 0.25) is 0 Å². The number of ether oxygens (including phenoxy) is 2. The number of nitrogens with zero attached hydrogens (tertiary/aromatic N) is 1. The molecule has 150 valence electrons. The van der Waals surface area contributed by atoms with E-state index in [0.29, 0.717) is 36.2 Å². The fourth-order valence-corrected chi connectivity index (χ4v) is 3.24. The third-order valence-corrected chi connectivity index (χ3v) is 4.82. The summed E-state index contributed by atoms with van der Waals surface area (Å²) in [5, 5.41) is 10.5. The molecule has 4 nitrogen and oxygen atoms in total. The van der Waals surface area contributed by atoms with Gasteiger partial charge in [0.15, 0.2) is 11.5 Å². The molecule has 1 atom stereocenters. The van der Waals surface area contributed by atoms with E-state index in [2.05, 4.69) is 4.90 Å². The van der Waals surface area contributed by atoms with Gasteiger partial charge in [0.05, 0.1) is 7.11 Å². The van der Waals surface area contributed by atoms with Crippen LogP contribution in [0.3, 0.4) is 0 Å². The minimum atomic E-state index is -0.674. The molecule has 1 N–H and O–H groups in total. The highest BCUT2D eigenvalue weighted by atomic mass is 19.1. The molecule has 28 heavy (non-hydrogen) atoms. The molecule has 0 aliphatic heterocycles. The Morgan fingerprint density at radius 2 is 2.00 bits per heavy atom. The van der Waals surface area contributed by atoms with Crippen molar-refractivity contribution in [2.24, 2.45) is 0 Å². The number of hydrogen-bond acceptors (Lipinski definition) is 4. The number of halogens is 1. The normalized spacial score (nSPS) is 15.2.